The molecule has 1 aliphatic carbocycles. The van der Waals surface area contributed by atoms with E-state index in [1.165, 1.54) is 5.56 Å². The zero-order valence-electron chi connectivity index (χ0n) is 11.7. The molecule has 2 aromatic rings. The summed E-state index contributed by atoms with van der Waals surface area (Å²) < 4.78 is 5.32. The molecule has 112 valence electrons. The third-order valence-corrected chi connectivity index (χ3v) is 5.02. The highest BCUT2D eigenvalue weighted by Crippen LogP contribution is 2.34. The van der Waals surface area contributed by atoms with Gasteiger partial charge < -0.3 is 10.3 Å². The molecular weight excluding hydrogens is 306 g/mol. The molecular formula is C15H18ClN3OS. The van der Waals surface area contributed by atoms with Crippen LogP contribution in [0.25, 0.3) is 0 Å². The first kappa shape index (κ1) is 14.9. The summed E-state index contributed by atoms with van der Waals surface area (Å²) in [6.07, 6.45) is 4.18. The lowest BCUT2D eigenvalue weighted by Crippen LogP contribution is -2.34. The predicted molar refractivity (Wildman–Crippen MR) is 85.1 cm³/mol. The van der Waals surface area contributed by atoms with E-state index < -0.39 is 0 Å². The Kier molecular flexibility index (Phi) is 4.52. The van der Waals surface area contributed by atoms with Gasteiger partial charge in [-0.25, -0.2) is 0 Å². The first-order chi connectivity index (χ1) is 10.2. The molecule has 1 aromatic heterocycles. The summed E-state index contributed by atoms with van der Waals surface area (Å²) in [7, 11) is 0. The molecule has 6 heteroatoms. The van der Waals surface area contributed by atoms with Gasteiger partial charge in [-0.2, -0.15) is 4.98 Å². The predicted octanol–water partition coefficient (Wildman–Crippen LogP) is 3.88. The van der Waals surface area contributed by atoms with Crippen molar-refractivity contribution in [3.63, 3.8) is 0 Å². The van der Waals surface area contributed by atoms with E-state index in [4.69, 9.17) is 21.9 Å². The molecule has 0 saturated heterocycles. The van der Waals surface area contributed by atoms with Crippen LogP contribution in [0, 0.1) is 0 Å². The van der Waals surface area contributed by atoms with Crippen LogP contribution in [0.2, 0.25) is 5.02 Å². The Morgan fingerprint density at radius 2 is 2.10 bits per heavy atom. The highest BCUT2D eigenvalue weighted by Gasteiger charge is 2.35. The molecule has 0 unspecified atom stereocenters. The monoisotopic (exact) mass is 323 g/mol. The third-order valence-electron chi connectivity index (χ3n) is 3.79. The third kappa shape index (κ3) is 3.59. The van der Waals surface area contributed by atoms with Crippen LogP contribution in [-0.2, 0) is 17.0 Å². The number of hydrogen-bond donors (Lipinski definition) is 1. The molecule has 4 nitrogen and oxygen atoms in total. The van der Waals surface area contributed by atoms with E-state index in [1.807, 2.05) is 18.2 Å². The molecule has 0 aliphatic heterocycles. The van der Waals surface area contributed by atoms with E-state index >= 15 is 0 Å². The van der Waals surface area contributed by atoms with Gasteiger partial charge in [0.15, 0.2) is 5.82 Å². The standard InChI is InChI=1S/C15H18ClN3OS/c16-12-5-3-4-11(8-12)9-21-10-13-18-14(19-20-13)15(17)6-1-2-7-15/h3-5,8H,1-2,6-7,9-10,17H2. The summed E-state index contributed by atoms with van der Waals surface area (Å²) in [5.41, 5.74) is 7.14. The smallest absolute Gasteiger partial charge is 0.236 e. The van der Waals surface area contributed by atoms with Gasteiger partial charge in [-0.05, 0) is 30.5 Å². The minimum Gasteiger partial charge on any atom is -0.338 e. The van der Waals surface area contributed by atoms with Crippen LogP contribution in [0.15, 0.2) is 28.8 Å². The van der Waals surface area contributed by atoms with Crippen LogP contribution >= 0.6 is 23.4 Å². The van der Waals surface area contributed by atoms with Crippen molar-refractivity contribution in [2.45, 2.75) is 42.7 Å². The van der Waals surface area contributed by atoms with Crippen LogP contribution < -0.4 is 5.73 Å². The summed E-state index contributed by atoms with van der Waals surface area (Å²) in [5, 5.41) is 4.83. The van der Waals surface area contributed by atoms with Crippen molar-refractivity contribution in [2.75, 3.05) is 0 Å². The maximum atomic E-state index is 6.32. The molecule has 1 heterocycles. The first-order valence-electron chi connectivity index (χ1n) is 7.10. The quantitative estimate of drug-likeness (QED) is 0.904. The Bertz CT molecular complexity index is 610. The second-order valence-corrected chi connectivity index (χ2v) is 6.92. The Balaban J connectivity index is 1.55. The molecule has 1 aromatic carbocycles. The van der Waals surface area contributed by atoms with Crippen molar-refractivity contribution >= 4 is 23.4 Å². The molecule has 0 atom stereocenters. The van der Waals surface area contributed by atoms with Crippen LogP contribution in [-0.4, -0.2) is 10.1 Å². The van der Waals surface area contributed by atoms with Crippen LogP contribution in [0.4, 0.5) is 0 Å². The van der Waals surface area contributed by atoms with Crippen molar-refractivity contribution in [1.82, 2.24) is 10.1 Å². The van der Waals surface area contributed by atoms with E-state index in [9.17, 15) is 0 Å². The van der Waals surface area contributed by atoms with Crippen molar-refractivity contribution < 1.29 is 4.52 Å². The van der Waals surface area contributed by atoms with Gasteiger partial charge >= 0.3 is 0 Å². The fourth-order valence-electron chi connectivity index (χ4n) is 2.63. The first-order valence-corrected chi connectivity index (χ1v) is 8.63. The molecule has 0 bridgehead atoms. The second kappa shape index (κ2) is 6.38. The molecule has 0 radical (unpaired) electrons. The summed E-state index contributed by atoms with van der Waals surface area (Å²) in [4.78, 5) is 4.46. The van der Waals surface area contributed by atoms with Gasteiger partial charge in [-0.15, -0.1) is 11.8 Å². The Morgan fingerprint density at radius 3 is 2.86 bits per heavy atom. The number of hydrogen-bond acceptors (Lipinski definition) is 5. The van der Waals surface area contributed by atoms with Crippen molar-refractivity contribution in [3.8, 4) is 0 Å². The number of nitrogens with zero attached hydrogens (tertiary/aromatic N) is 2. The summed E-state index contributed by atoms with van der Waals surface area (Å²) in [5.74, 6) is 2.87. The minimum absolute atomic E-state index is 0.376. The number of rotatable bonds is 5. The molecule has 2 N–H and O–H groups in total. The molecule has 0 spiro atoms. The lowest BCUT2D eigenvalue weighted by Gasteiger charge is -2.17. The van der Waals surface area contributed by atoms with Gasteiger partial charge in [0.1, 0.15) is 0 Å². The lowest BCUT2D eigenvalue weighted by atomic mass is 9.99. The van der Waals surface area contributed by atoms with Gasteiger partial charge in [-0.1, -0.05) is 41.7 Å². The number of thioether (sulfide) groups is 1. The van der Waals surface area contributed by atoms with E-state index in [2.05, 4.69) is 16.2 Å². The van der Waals surface area contributed by atoms with Gasteiger partial charge in [0.05, 0.1) is 11.3 Å². The van der Waals surface area contributed by atoms with Gasteiger partial charge in [0.2, 0.25) is 5.89 Å². The Morgan fingerprint density at radius 1 is 1.29 bits per heavy atom. The fraction of sp³-hybridized carbons (Fsp3) is 0.467. The highest BCUT2D eigenvalue weighted by molar-refractivity contribution is 7.97. The van der Waals surface area contributed by atoms with Crippen LogP contribution in [0.1, 0.15) is 43.0 Å². The SMILES string of the molecule is NC1(c2noc(CSCc3cccc(Cl)c3)n2)CCCC1. The molecule has 1 fully saturated rings. The van der Waals surface area contributed by atoms with Crippen LogP contribution in [0.5, 0.6) is 0 Å². The number of nitrogens with two attached hydrogens (primary N) is 1. The highest BCUT2D eigenvalue weighted by atomic mass is 35.5. The minimum atomic E-state index is -0.376. The maximum Gasteiger partial charge on any atom is 0.236 e. The average Bonchev–Trinajstić information content (AvgIpc) is 3.09. The van der Waals surface area contributed by atoms with Gasteiger partial charge in [0.25, 0.3) is 0 Å². The zero-order chi connectivity index (χ0) is 14.7. The average molecular weight is 324 g/mol. The van der Waals surface area contributed by atoms with E-state index in [1.54, 1.807) is 11.8 Å². The summed E-state index contributed by atoms with van der Waals surface area (Å²) >= 11 is 7.70. The second-order valence-electron chi connectivity index (χ2n) is 5.50. The van der Waals surface area contributed by atoms with Gasteiger partial charge in [-0.3, -0.25) is 0 Å². The van der Waals surface area contributed by atoms with E-state index in [0.717, 1.165) is 36.5 Å². The number of benzene rings is 1. The molecule has 1 saturated carbocycles. The maximum absolute atomic E-state index is 6.32. The Hall–Kier alpha value is -1.04. The zero-order valence-corrected chi connectivity index (χ0v) is 13.3. The number of halogens is 1. The van der Waals surface area contributed by atoms with Crippen molar-refractivity contribution in [2.24, 2.45) is 5.73 Å². The molecule has 21 heavy (non-hydrogen) atoms. The van der Waals surface area contributed by atoms with Crippen molar-refractivity contribution in [3.05, 3.63) is 46.6 Å². The number of aromatic nitrogens is 2. The van der Waals surface area contributed by atoms with Crippen molar-refractivity contribution in [1.29, 1.82) is 0 Å². The normalized spacial score (nSPS) is 17.2. The Labute approximate surface area is 133 Å². The van der Waals surface area contributed by atoms with E-state index in [-0.39, 0.29) is 5.54 Å². The topological polar surface area (TPSA) is 64.9 Å². The summed E-state index contributed by atoms with van der Waals surface area (Å²) in [6, 6.07) is 7.87. The fourth-order valence-corrected chi connectivity index (χ4v) is 3.65. The molecule has 1 aliphatic rings. The van der Waals surface area contributed by atoms with Crippen LogP contribution in [0.3, 0.4) is 0 Å². The lowest BCUT2D eigenvalue weighted by molar-refractivity contribution is 0.355. The summed E-state index contributed by atoms with van der Waals surface area (Å²) in [6.45, 7) is 0. The van der Waals surface area contributed by atoms with E-state index in [0.29, 0.717) is 17.5 Å². The largest absolute Gasteiger partial charge is 0.338 e. The molecule has 0 amide bonds. The molecule has 3 rings (SSSR count). The van der Waals surface area contributed by atoms with Gasteiger partial charge in [0, 0.05) is 10.8 Å².